The van der Waals surface area contributed by atoms with Crippen molar-refractivity contribution in [2.24, 2.45) is 0 Å². The molecule has 5 nitrogen and oxygen atoms in total. The van der Waals surface area contributed by atoms with Gasteiger partial charge < -0.3 is 15.7 Å². The molecule has 0 radical (unpaired) electrons. The highest BCUT2D eigenvalue weighted by Crippen LogP contribution is 2.17. The van der Waals surface area contributed by atoms with Crippen molar-refractivity contribution in [2.75, 3.05) is 10.6 Å². The zero-order chi connectivity index (χ0) is 15.4. The second-order valence-electron chi connectivity index (χ2n) is 4.42. The fraction of sp³-hybridized carbons (Fsp3) is 0.0667. The number of rotatable bonds is 3. The van der Waals surface area contributed by atoms with Gasteiger partial charge in [0.15, 0.2) is 0 Å². The lowest BCUT2D eigenvalue weighted by atomic mass is 10.1. The first-order valence-electron chi connectivity index (χ1n) is 6.13. The maximum atomic E-state index is 11.9. The van der Waals surface area contributed by atoms with Crippen LogP contribution in [0.25, 0.3) is 0 Å². The third kappa shape index (κ3) is 4.19. The number of carboxylic acids is 1. The van der Waals surface area contributed by atoms with Crippen molar-refractivity contribution in [1.82, 2.24) is 0 Å². The van der Waals surface area contributed by atoms with Gasteiger partial charge in [0.2, 0.25) is 0 Å². The Kier molecular flexibility index (Phi) is 4.79. The van der Waals surface area contributed by atoms with Gasteiger partial charge in [0.05, 0.1) is 5.56 Å². The van der Waals surface area contributed by atoms with E-state index < -0.39 is 5.97 Å². The lowest BCUT2D eigenvalue weighted by molar-refractivity contribution is 0.0697. The third-order valence-corrected chi connectivity index (χ3v) is 3.54. The van der Waals surface area contributed by atoms with Gasteiger partial charge in [0, 0.05) is 14.9 Å². The van der Waals surface area contributed by atoms with E-state index in [9.17, 15) is 9.59 Å². The maximum absolute atomic E-state index is 11.9. The molecule has 0 heterocycles. The zero-order valence-electron chi connectivity index (χ0n) is 11.2. The molecule has 0 aromatic heterocycles. The molecule has 0 aliphatic carbocycles. The highest BCUT2D eigenvalue weighted by molar-refractivity contribution is 14.1. The standard InChI is InChI=1S/C15H13IN2O3/c1-9-8-10(14(19)20)2-7-13(9)18-15(21)17-12-5-3-11(16)4-6-12/h2-8H,1H3,(H,19,20)(H2,17,18,21). The molecule has 2 aromatic rings. The number of amides is 2. The fourth-order valence-electron chi connectivity index (χ4n) is 1.75. The van der Waals surface area contributed by atoms with E-state index >= 15 is 0 Å². The number of aryl methyl sites for hydroxylation is 1. The number of urea groups is 1. The molecule has 0 saturated carbocycles. The van der Waals surface area contributed by atoms with E-state index in [1.165, 1.54) is 12.1 Å². The van der Waals surface area contributed by atoms with E-state index in [1.54, 1.807) is 13.0 Å². The molecule has 0 atom stereocenters. The number of hydrogen-bond acceptors (Lipinski definition) is 2. The number of anilines is 2. The Morgan fingerprint density at radius 1 is 1.05 bits per heavy atom. The van der Waals surface area contributed by atoms with Gasteiger partial charge in [-0.1, -0.05) is 0 Å². The molecule has 6 heteroatoms. The normalized spacial score (nSPS) is 10.0. The van der Waals surface area contributed by atoms with E-state index in [4.69, 9.17) is 5.11 Å². The topological polar surface area (TPSA) is 78.4 Å². The van der Waals surface area contributed by atoms with Crippen LogP contribution < -0.4 is 10.6 Å². The predicted octanol–water partition coefficient (Wildman–Crippen LogP) is 3.94. The first-order valence-corrected chi connectivity index (χ1v) is 7.21. The largest absolute Gasteiger partial charge is 0.478 e. The van der Waals surface area contributed by atoms with E-state index in [1.807, 2.05) is 24.3 Å². The van der Waals surface area contributed by atoms with Gasteiger partial charge in [-0.3, -0.25) is 0 Å². The van der Waals surface area contributed by atoms with Crippen molar-refractivity contribution in [3.8, 4) is 0 Å². The minimum absolute atomic E-state index is 0.191. The molecule has 2 aromatic carbocycles. The lowest BCUT2D eigenvalue weighted by Crippen LogP contribution is -2.20. The van der Waals surface area contributed by atoms with Crippen molar-refractivity contribution >= 4 is 46.0 Å². The number of carbonyl (C=O) groups excluding carboxylic acids is 1. The molecule has 0 fully saturated rings. The van der Waals surface area contributed by atoms with Gasteiger partial charge in [0.1, 0.15) is 0 Å². The maximum Gasteiger partial charge on any atom is 0.335 e. The monoisotopic (exact) mass is 396 g/mol. The highest BCUT2D eigenvalue weighted by atomic mass is 127. The van der Waals surface area contributed by atoms with Gasteiger partial charge in [-0.15, -0.1) is 0 Å². The molecule has 0 aliphatic rings. The van der Waals surface area contributed by atoms with Gasteiger partial charge in [-0.25, -0.2) is 9.59 Å². The van der Waals surface area contributed by atoms with Crippen LogP contribution in [0.1, 0.15) is 15.9 Å². The van der Waals surface area contributed by atoms with Crippen LogP contribution in [0.5, 0.6) is 0 Å². The SMILES string of the molecule is Cc1cc(C(=O)O)ccc1NC(=O)Nc1ccc(I)cc1. The number of halogens is 1. The number of nitrogens with one attached hydrogen (secondary N) is 2. The molecule has 21 heavy (non-hydrogen) atoms. The smallest absolute Gasteiger partial charge is 0.335 e. The van der Waals surface area contributed by atoms with Crippen molar-refractivity contribution < 1.29 is 14.7 Å². The van der Waals surface area contributed by atoms with Crippen LogP contribution in [0, 0.1) is 10.5 Å². The average molecular weight is 396 g/mol. The molecule has 0 unspecified atom stereocenters. The third-order valence-electron chi connectivity index (χ3n) is 2.82. The van der Waals surface area contributed by atoms with Crippen LogP contribution in [-0.4, -0.2) is 17.1 Å². The molecule has 0 aliphatic heterocycles. The van der Waals surface area contributed by atoms with Crippen molar-refractivity contribution in [3.05, 3.63) is 57.2 Å². The van der Waals surface area contributed by atoms with Crippen LogP contribution in [-0.2, 0) is 0 Å². The van der Waals surface area contributed by atoms with E-state index in [0.717, 1.165) is 3.57 Å². The van der Waals surface area contributed by atoms with Crippen molar-refractivity contribution in [2.45, 2.75) is 6.92 Å². The van der Waals surface area contributed by atoms with Crippen molar-refractivity contribution in [1.29, 1.82) is 0 Å². The van der Waals surface area contributed by atoms with Crippen LogP contribution in [0.15, 0.2) is 42.5 Å². The summed E-state index contributed by atoms with van der Waals surface area (Å²) in [7, 11) is 0. The molecule has 108 valence electrons. The number of aromatic carboxylic acids is 1. The van der Waals surface area contributed by atoms with Crippen LogP contribution in [0.3, 0.4) is 0 Å². The first-order chi connectivity index (χ1) is 9.95. The second-order valence-corrected chi connectivity index (χ2v) is 5.67. The van der Waals surface area contributed by atoms with Gasteiger partial charge in [-0.2, -0.15) is 0 Å². The molecule has 2 rings (SSSR count). The van der Waals surface area contributed by atoms with E-state index in [-0.39, 0.29) is 11.6 Å². The summed E-state index contributed by atoms with van der Waals surface area (Å²) in [6.07, 6.45) is 0. The zero-order valence-corrected chi connectivity index (χ0v) is 13.3. The van der Waals surface area contributed by atoms with E-state index in [0.29, 0.717) is 16.9 Å². The molecular formula is C15H13IN2O3. The highest BCUT2D eigenvalue weighted by Gasteiger charge is 2.08. The fourth-order valence-corrected chi connectivity index (χ4v) is 2.11. The van der Waals surface area contributed by atoms with Gasteiger partial charge >= 0.3 is 12.0 Å². The molecular weight excluding hydrogens is 383 g/mol. The number of benzene rings is 2. The van der Waals surface area contributed by atoms with Gasteiger partial charge in [-0.05, 0) is 77.5 Å². The summed E-state index contributed by atoms with van der Waals surface area (Å²) in [5.41, 5.74) is 2.14. The van der Waals surface area contributed by atoms with Crippen molar-refractivity contribution in [3.63, 3.8) is 0 Å². The molecule has 2 amide bonds. The number of carboxylic acid groups (broad SMARTS) is 1. The number of carbonyl (C=O) groups is 2. The lowest BCUT2D eigenvalue weighted by Gasteiger charge is -2.10. The van der Waals surface area contributed by atoms with Crippen LogP contribution in [0.2, 0.25) is 0 Å². The summed E-state index contributed by atoms with van der Waals surface area (Å²) in [4.78, 5) is 22.8. The Labute approximate surface area is 135 Å². The average Bonchev–Trinajstić information content (AvgIpc) is 2.43. The number of hydrogen-bond donors (Lipinski definition) is 3. The molecule has 0 saturated heterocycles. The first kappa shape index (κ1) is 15.3. The molecule has 0 spiro atoms. The van der Waals surface area contributed by atoms with Crippen LogP contribution >= 0.6 is 22.6 Å². The quantitative estimate of drug-likeness (QED) is 0.688. The summed E-state index contributed by atoms with van der Waals surface area (Å²) >= 11 is 2.19. The minimum atomic E-state index is -0.993. The van der Waals surface area contributed by atoms with E-state index in [2.05, 4.69) is 33.2 Å². The molecule has 3 N–H and O–H groups in total. The Hall–Kier alpha value is -2.09. The minimum Gasteiger partial charge on any atom is -0.478 e. The van der Waals surface area contributed by atoms with Crippen LogP contribution in [0.4, 0.5) is 16.2 Å². The molecule has 0 bridgehead atoms. The summed E-state index contributed by atoms with van der Waals surface area (Å²) < 4.78 is 1.08. The Bertz CT molecular complexity index is 684. The summed E-state index contributed by atoms with van der Waals surface area (Å²) in [5.74, 6) is -0.993. The Morgan fingerprint density at radius 3 is 2.29 bits per heavy atom. The Morgan fingerprint density at radius 2 is 1.71 bits per heavy atom. The Balaban J connectivity index is 2.06. The predicted molar refractivity (Wildman–Crippen MR) is 89.9 cm³/mol. The summed E-state index contributed by atoms with van der Waals surface area (Å²) in [5, 5.41) is 14.3. The summed E-state index contributed by atoms with van der Waals surface area (Å²) in [6.45, 7) is 1.74. The summed E-state index contributed by atoms with van der Waals surface area (Å²) in [6, 6.07) is 11.6. The second kappa shape index (κ2) is 6.57. The van der Waals surface area contributed by atoms with Gasteiger partial charge in [0.25, 0.3) is 0 Å².